The molecule has 2 aromatic rings. The number of nitrogens with one attached hydrogen (secondary N) is 1. The van der Waals surface area contributed by atoms with Gasteiger partial charge >= 0.3 is 0 Å². The van der Waals surface area contributed by atoms with Crippen molar-refractivity contribution in [3.05, 3.63) is 35.3 Å². The largest absolute Gasteiger partial charge is 0.356 e. The molecule has 1 N–H and O–H groups in total. The van der Waals surface area contributed by atoms with Gasteiger partial charge in [0.15, 0.2) is 5.82 Å². The van der Waals surface area contributed by atoms with Crippen LogP contribution in [-0.2, 0) is 0 Å². The Morgan fingerprint density at radius 1 is 1.33 bits per heavy atom. The Morgan fingerprint density at radius 3 is 2.56 bits per heavy atom. The Morgan fingerprint density at radius 2 is 2.00 bits per heavy atom. The molecule has 0 saturated carbocycles. The van der Waals surface area contributed by atoms with Gasteiger partial charge in [0.2, 0.25) is 0 Å². The smallest absolute Gasteiger partial charge is 0.253 e. The van der Waals surface area contributed by atoms with E-state index in [1.54, 1.807) is 32.3 Å². The molecule has 0 aliphatic rings. The standard InChI is InChI=1S/C14H17FN2O/c1-8(2)13-12(15)10-7-9(14(18)17(3)4)5-6-11(10)16-13/h5-8,16H,1-4H3. The summed E-state index contributed by atoms with van der Waals surface area (Å²) in [6.07, 6.45) is 0. The lowest BCUT2D eigenvalue weighted by molar-refractivity contribution is 0.0828. The van der Waals surface area contributed by atoms with Crippen molar-refractivity contribution >= 4 is 16.8 Å². The highest BCUT2D eigenvalue weighted by Crippen LogP contribution is 2.26. The van der Waals surface area contributed by atoms with Gasteiger partial charge in [0.05, 0.1) is 5.69 Å². The lowest BCUT2D eigenvalue weighted by Crippen LogP contribution is -2.21. The maximum absolute atomic E-state index is 14.2. The molecule has 1 aromatic heterocycles. The summed E-state index contributed by atoms with van der Waals surface area (Å²) in [5, 5.41) is 0.478. The first-order chi connectivity index (χ1) is 8.41. The molecular weight excluding hydrogens is 231 g/mol. The zero-order valence-electron chi connectivity index (χ0n) is 11.0. The quantitative estimate of drug-likeness (QED) is 0.870. The van der Waals surface area contributed by atoms with Crippen molar-refractivity contribution < 1.29 is 9.18 Å². The Kier molecular flexibility index (Phi) is 3.11. The van der Waals surface area contributed by atoms with E-state index in [1.807, 2.05) is 13.8 Å². The number of benzene rings is 1. The SMILES string of the molecule is CC(C)c1[nH]c2ccc(C(=O)N(C)C)cc2c1F. The Labute approximate surface area is 106 Å². The van der Waals surface area contributed by atoms with Crippen molar-refractivity contribution in [2.75, 3.05) is 14.1 Å². The van der Waals surface area contributed by atoms with Crippen molar-refractivity contribution in [2.24, 2.45) is 0 Å². The number of rotatable bonds is 2. The minimum Gasteiger partial charge on any atom is -0.356 e. The number of aromatic amines is 1. The molecule has 1 aromatic carbocycles. The monoisotopic (exact) mass is 248 g/mol. The second-order valence-electron chi connectivity index (χ2n) is 4.97. The van der Waals surface area contributed by atoms with Crippen LogP contribution in [0.4, 0.5) is 4.39 Å². The van der Waals surface area contributed by atoms with Gasteiger partial charge in [-0.1, -0.05) is 13.8 Å². The summed E-state index contributed by atoms with van der Waals surface area (Å²) in [7, 11) is 3.36. The van der Waals surface area contributed by atoms with Crippen LogP contribution >= 0.6 is 0 Å². The van der Waals surface area contributed by atoms with Crippen LogP contribution in [-0.4, -0.2) is 29.9 Å². The predicted molar refractivity (Wildman–Crippen MR) is 70.4 cm³/mol. The van der Waals surface area contributed by atoms with Crippen molar-refractivity contribution in [3.63, 3.8) is 0 Å². The average molecular weight is 248 g/mol. The molecule has 0 radical (unpaired) electrons. The Hall–Kier alpha value is -1.84. The molecule has 0 unspecified atom stereocenters. The highest BCUT2D eigenvalue weighted by Gasteiger charge is 2.16. The van der Waals surface area contributed by atoms with Crippen molar-refractivity contribution in [3.8, 4) is 0 Å². The summed E-state index contributed by atoms with van der Waals surface area (Å²) in [5.41, 5.74) is 1.81. The normalized spacial score (nSPS) is 11.2. The van der Waals surface area contributed by atoms with Crippen LogP contribution in [0.25, 0.3) is 10.9 Å². The zero-order chi connectivity index (χ0) is 13.4. The van der Waals surface area contributed by atoms with Gasteiger partial charge in [0, 0.05) is 30.6 Å². The summed E-state index contributed by atoms with van der Waals surface area (Å²) in [6, 6.07) is 5.07. The molecule has 0 saturated heterocycles. The van der Waals surface area contributed by atoms with E-state index >= 15 is 0 Å². The van der Waals surface area contributed by atoms with Gasteiger partial charge in [-0.25, -0.2) is 4.39 Å². The molecule has 0 fully saturated rings. The maximum Gasteiger partial charge on any atom is 0.253 e. The van der Waals surface area contributed by atoms with E-state index in [2.05, 4.69) is 4.98 Å². The first-order valence-electron chi connectivity index (χ1n) is 5.94. The second-order valence-corrected chi connectivity index (χ2v) is 4.97. The van der Waals surface area contributed by atoms with Crippen molar-refractivity contribution in [2.45, 2.75) is 19.8 Å². The fourth-order valence-corrected chi connectivity index (χ4v) is 1.97. The number of aromatic nitrogens is 1. The molecule has 96 valence electrons. The number of hydrogen-bond donors (Lipinski definition) is 1. The van der Waals surface area contributed by atoms with Crippen LogP contribution < -0.4 is 0 Å². The minimum atomic E-state index is -0.256. The number of carbonyl (C=O) groups is 1. The number of carbonyl (C=O) groups excluding carboxylic acids is 1. The molecule has 4 heteroatoms. The Balaban J connectivity index is 2.58. The first kappa shape index (κ1) is 12.6. The van der Waals surface area contributed by atoms with E-state index in [9.17, 15) is 9.18 Å². The summed E-state index contributed by atoms with van der Waals surface area (Å²) < 4.78 is 14.2. The maximum atomic E-state index is 14.2. The van der Waals surface area contributed by atoms with Gasteiger partial charge in [-0.2, -0.15) is 0 Å². The van der Waals surface area contributed by atoms with Gasteiger partial charge in [-0.05, 0) is 24.1 Å². The number of hydrogen-bond acceptors (Lipinski definition) is 1. The lowest BCUT2D eigenvalue weighted by atomic mass is 10.1. The highest BCUT2D eigenvalue weighted by molar-refractivity contribution is 5.98. The summed E-state index contributed by atoms with van der Waals surface area (Å²) in [5.74, 6) is -0.289. The van der Waals surface area contributed by atoms with E-state index < -0.39 is 0 Å². The van der Waals surface area contributed by atoms with E-state index in [-0.39, 0.29) is 17.6 Å². The van der Waals surface area contributed by atoms with Gasteiger partial charge < -0.3 is 9.88 Å². The topological polar surface area (TPSA) is 36.1 Å². The number of H-pyrrole nitrogens is 1. The van der Waals surface area contributed by atoms with E-state index in [1.165, 1.54) is 4.90 Å². The third-order valence-electron chi connectivity index (χ3n) is 2.99. The summed E-state index contributed by atoms with van der Waals surface area (Å²) in [4.78, 5) is 16.4. The van der Waals surface area contributed by atoms with Crippen molar-refractivity contribution in [1.29, 1.82) is 0 Å². The van der Waals surface area contributed by atoms with E-state index in [4.69, 9.17) is 0 Å². The molecule has 2 rings (SSSR count). The average Bonchev–Trinajstić information content (AvgIpc) is 2.65. The third-order valence-corrected chi connectivity index (χ3v) is 2.99. The van der Waals surface area contributed by atoms with Crippen LogP contribution in [0.3, 0.4) is 0 Å². The molecule has 0 atom stereocenters. The van der Waals surface area contributed by atoms with E-state index in [0.29, 0.717) is 16.6 Å². The number of nitrogens with zero attached hydrogens (tertiary/aromatic N) is 1. The predicted octanol–water partition coefficient (Wildman–Crippen LogP) is 3.13. The fourth-order valence-electron chi connectivity index (χ4n) is 1.97. The molecule has 0 spiro atoms. The fraction of sp³-hybridized carbons (Fsp3) is 0.357. The molecule has 0 bridgehead atoms. The zero-order valence-corrected chi connectivity index (χ0v) is 11.0. The Bertz CT molecular complexity index is 599. The van der Waals surface area contributed by atoms with Gasteiger partial charge in [0.1, 0.15) is 0 Å². The molecule has 1 heterocycles. The minimum absolute atomic E-state index is 0.0883. The van der Waals surface area contributed by atoms with Gasteiger partial charge in [-0.3, -0.25) is 4.79 Å². The molecule has 0 aliphatic heterocycles. The van der Waals surface area contributed by atoms with Crippen LogP contribution in [0.2, 0.25) is 0 Å². The summed E-state index contributed by atoms with van der Waals surface area (Å²) >= 11 is 0. The highest BCUT2D eigenvalue weighted by atomic mass is 19.1. The van der Waals surface area contributed by atoms with Gasteiger partial charge in [0.25, 0.3) is 5.91 Å². The van der Waals surface area contributed by atoms with Gasteiger partial charge in [-0.15, -0.1) is 0 Å². The van der Waals surface area contributed by atoms with Crippen LogP contribution in [0, 0.1) is 5.82 Å². The lowest BCUT2D eigenvalue weighted by Gasteiger charge is -2.09. The molecule has 1 amide bonds. The number of halogens is 1. The number of amides is 1. The number of fused-ring (bicyclic) bond motifs is 1. The van der Waals surface area contributed by atoms with Crippen LogP contribution in [0.5, 0.6) is 0 Å². The second kappa shape index (κ2) is 4.44. The van der Waals surface area contributed by atoms with Crippen LogP contribution in [0.15, 0.2) is 18.2 Å². The summed E-state index contributed by atoms with van der Waals surface area (Å²) in [6.45, 7) is 3.86. The molecular formula is C14H17FN2O. The first-order valence-corrected chi connectivity index (χ1v) is 5.94. The molecule has 3 nitrogen and oxygen atoms in total. The van der Waals surface area contributed by atoms with Crippen molar-refractivity contribution in [1.82, 2.24) is 9.88 Å². The van der Waals surface area contributed by atoms with E-state index in [0.717, 1.165) is 5.52 Å². The molecule has 18 heavy (non-hydrogen) atoms. The molecule has 0 aliphatic carbocycles. The van der Waals surface area contributed by atoms with Crippen LogP contribution in [0.1, 0.15) is 35.8 Å². The third kappa shape index (κ3) is 1.98.